The van der Waals surface area contributed by atoms with Crippen LogP contribution in [0.15, 0.2) is 0 Å². The highest BCUT2D eigenvalue weighted by Gasteiger charge is 2.58. The maximum atomic E-state index is 12.9. The monoisotopic (exact) mass is 334 g/mol. The molecule has 1 rings (SSSR count). The van der Waals surface area contributed by atoms with E-state index in [1.165, 1.54) is 20.6 Å². The van der Waals surface area contributed by atoms with Gasteiger partial charge in [0.25, 0.3) is 0 Å². The lowest BCUT2D eigenvalue weighted by Crippen LogP contribution is -2.41. The van der Waals surface area contributed by atoms with Crippen molar-refractivity contribution in [1.29, 1.82) is 0 Å². The second-order valence-electron chi connectivity index (χ2n) is 6.95. The van der Waals surface area contributed by atoms with Gasteiger partial charge < -0.3 is 18.4 Å². The lowest BCUT2D eigenvalue weighted by atomic mass is 9.81. The molecule has 0 aromatic heterocycles. The van der Waals surface area contributed by atoms with Crippen LogP contribution in [0, 0.1) is 0 Å². The van der Waals surface area contributed by atoms with Gasteiger partial charge in [-0.15, -0.1) is 0 Å². The molecule has 1 aliphatic heterocycles. The van der Waals surface area contributed by atoms with Gasteiger partial charge in [0.2, 0.25) is 0 Å². The molecule has 1 aliphatic rings. The van der Waals surface area contributed by atoms with Gasteiger partial charge in [-0.25, -0.2) is 0 Å². The van der Waals surface area contributed by atoms with Gasteiger partial charge in [-0.1, -0.05) is 32.6 Å². The summed E-state index contributed by atoms with van der Waals surface area (Å²) in [5.74, 6) is 0. The second kappa shape index (κ2) is 7.80. The Morgan fingerprint density at radius 2 is 1.50 bits per heavy atom. The lowest BCUT2D eigenvalue weighted by Gasteiger charge is -2.32. The van der Waals surface area contributed by atoms with Crippen LogP contribution in [0.3, 0.4) is 0 Å². The molecule has 1 heterocycles. The highest BCUT2D eigenvalue weighted by atomic mass is 31.2. The third kappa shape index (κ3) is 4.36. The maximum absolute atomic E-state index is 12.9. The first kappa shape index (κ1) is 20.2. The summed E-state index contributed by atoms with van der Waals surface area (Å²) < 4.78 is 35.5. The Hall–Kier alpha value is 0.135. The van der Waals surface area contributed by atoms with E-state index >= 15 is 0 Å². The third-order valence-corrected chi connectivity index (χ3v) is 7.19. The molecule has 0 spiro atoms. The van der Waals surface area contributed by atoms with Gasteiger partial charge in [0.1, 0.15) is 0 Å². The van der Waals surface area contributed by atoms with E-state index in [2.05, 4.69) is 6.92 Å². The molecule has 0 amide bonds. The van der Waals surface area contributed by atoms with Crippen molar-refractivity contribution in [2.45, 2.75) is 83.5 Å². The van der Waals surface area contributed by atoms with E-state index in [4.69, 9.17) is 18.4 Å². The molecule has 0 bridgehead atoms. The van der Waals surface area contributed by atoms with Crippen LogP contribution in [0.5, 0.6) is 0 Å². The molecule has 0 N–H and O–H groups in total. The topological polar surface area (TPSA) is 54.0 Å². The van der Waals surface area contributed by atoms with Crippen LogP contribution in [0.25, 0.3) is 0 Å². The molecule has 1 saturated heterocycles. The molecular weight excluding hydrogens is 302 g/mol. The molecule has 1 atom stereocenters. The summed E-state index contributed by atoms with van der Waals surface area (Å²) in [7, 11) is -0.973. The summed E-state index contributed by atoms with van der Waals surface area (Å²) in [5.41, 5.74) is -1.31. The van der Waals surface area contributed by atoms with Gasteiger partial charge in [-0.05, 0) is 34.1 Å². The minimum atomic E-state index is -3.25. The molecule has 1 fully saturated rings. The predicted molar refractivity (Wildman–Crippen MR) is 90.3 cm³/mol. The molecule has 5 nitrogen and oxygen atoms in total. The Morgan fingerprint density at radius 1 is 1.00 bits per heavy atom. The number of unbranched alkanes of at least 4 members (excludes halogenated alkanes) is 3. The zero-order valence-electron chi connectivity index (χ0n) is 15.2. The minimum Gasteiger partial charge on any atom is -0.403 e. The van der Waals surface area contributed by atoms with Crippen LogP contribution >= 0.6 is 7.60 Å². The molecule has 0 aromatic rings. The van der Waals surface area contributed by atoms with Crippen molar-refractivity contribution in [1.82, 2.24) is 0 Å². The average Bonchev–Trinajstić information content (AvgIpc) is 2.66. The van der Waals surface area contributed by atoms with Crippen LogP contribution < -0.4 is 0 Å². The summed E-state index contributed by atoms with van der Waals surface area (Å²) in [6.45, 7) is 10.1. The van der Waals surface area contributed by atoms with E-state index in [1.54, 1.807) is 0 Å². The predicted octanol–water partition coefficient (Wildman–Crippen LogP) is 4.44. The van der Waals surface area contributed by atoms with Crippen molar-refractivity contribution < 1.29 is 22.9 Å². The number of hydrogen-bond donors (Lipinski definition) is 0. The molecule has 1 unspecified atom stereocenters. The maximum Gasteiger partial charge on any atom is 0.473 e. The summed E-state index contributed by atoms with van der Waals surface area (Å²) in [5, 5.41) is 0. The van der Waals surface area contributed by atoms with E-state index in [0.717, 1.165) is 19.3 Å². The van der Waals surface area contributed by atoms with Crippen LogP contribution in [-0.4, -0.2) is 38.1 Å². The van der Waals surface area contributed by atoms with Crippen molar-refractivity contribution in [3.05, 3.63) is 0 Å². The summed E-state index contributed by atoms with van der Waals surface area (Å²) >= 11 is 0. The molecule has 0 saturated carbocycles. The van der Waals surface area contributed by atoms with Gasteiger partial charge >= 0.3 is 14.7 Å². The highest BCUT2D eigenvalue weighted by Crippen LogP contribution is 2.56. The summed E-state index contributed by atoms with van der Waals surface area (Å²) in [6.07, 6.45) is 5.09. The lowest BCUT2D eigenvalue weighted by molar-refractivity contribution is 0.00578. The third-order valence-electron chi connectivity index (χ3n) is 4.85. The first-order valence-corrected chi connectivity index (χ1v) is 9.81. The van der Waals surface area contributed by atoms with Gasteiger partial charge in [0.15, 0.2) is 0 Å². The second-order valence-corrected chi connectivity index (χ2v) is 9.42. The smallest absolute Gasteiger partial charge is 0.403 e. The van der Waals surface area contributed by atoms with Crippen LogP contribution in [0.1, 0.15) is 66.7 Å². The largest absolute Gasteiger partial charge is 0.473 e. The quantitative estimate of drug-likeness (QED) is 0.354. The molecule has 0 aromatic carbocycles. The van der Waals surface area contributed by atoms with Crippen molar-refractivity contribution in [2.75, 3.05) is 14.2 Å². The van der Waals surface area contributed by atoms with E-state index in [1.807, 2.05) is 27.7 Å². The van der Waals surface area contributed by atoms with Gasteiger partial charge in [0.05, 0.1) is 16.8 Å². The fourth-order valence-corrected chi connectivity index (χ4v) is 4.22. The van der Waals surface area contributed by atoms with Crippen molar-refractivity contribution in [3.63, 3.8) is 0 Å². The fourth-order valence-electron chi connectivity index (χ4n) is 2.61. The molecule has 22 heavy (non-hydrogen) atoms. The Bertz CT molecular complexity index is 375. The van der Waals surface area contributed by atoms with Crippen molar-refractivity contribution in [3.8, 4) is 0 Å². The zero-order chi connectivity index (χ0) is 17.0. The molecule has 7 heteroatoms. The number of hydrogen-bond acceptors (Lipinski definition) is 5. The van der Waals surface area contributed by atoms with Crippen LogP contribution in [0.4, 0.5) is 0 Å². The van der Waals surface area contributed by atoms with Crippen molar-refractivity contribution in [2.24, 2.45) is 0 Å². The first-order chi connectivity index (χ1) is 10.1. The van der Waals surface area contributed by atoms with E-state index < -0.39 is 31.5 Å². The van der Waals surface area contributed by atoms with E-state index in [9.17, 15) is 4.57 Å². The van der Waals surface area contributed by atoms with Crippen LogP contribution in [-0.2, 0) is 22.9 Å². The normalized spacial score (nSPS) is 22.0. The van der Waals surface area contributed by atoms with Crippen molar-refractivity contribution >= 4 is 14.7 Å². The van der Waals surface area contributed by atoms with Crippen LogP contribution in [0.2, 0.25) is 0 Å². The molecule has 130 valence electrons. The van der Waals surface area contributed by atoms with E-state index in [-0.39, 0.29) is 0 Å². The summed E-state index contributed by atoms with van der Waals surface area (Å²) in [6, 6.07) is 0. The SMILES string of the molecule is CCCCCCC(B1OC(C)(C)C(C)(C)O1)P(=O)(OC)OC. The van der Waals surface area contributed by atoms with Gasteiger partial charge in [0, 0.05) is 14.2 Å². The first-order valence-electron chi connectivity index (χ1n) is 8.20. The standard InChI is InChI=1S/C15H32BO5P/c1-8-9-10-11-12-13(22(17,18-6)19-7)16-20-14(2,3)15(4,5)21-16/h13H,8-12H2,1-7H3. The Morgan fingerprint density at radius 3 is 1.91 bits per heavy atom. The minimum absolute atomic E-state index is 0.402. The van der Waals surface area contributed by atoms with E-state index in [0.29, 0.717) is 6.42 Å². The van der Waals surface area contributed by atoms with Gasteiger partial charge in [-0.2, -0.15) is 0 Å². The Labute approximate surface area is 136 Å². The van der Waals surface area contributed by atoms with Gasteiger partial charge in [-0.3, -0.25) is 4.57 Å². The molecular formula is C15H32BO5P. The Balaban J connectivity index is 2.89. The average molecular weight is 334 g/mol. The number of rotatable bonds is 9. The molecule has 0 radical (unpaired) electrons. The highest BCUT2D eigenvalue weighted by molar-refractivity contribution is 7.57. The molecule has 0 aliphatic carbocycles. The Kier molecular flexibility index (Phi) is 7.16. The fraction of sp³-hybridized carbons (Fsp3) is 1.00. The summed E-state index contributed by atoms with van der Waals surface area (Å²) in [4.78, 5) is 0. The zero-order valence-corrected chi connectivity index (χ0v) is 16.1.